The molecule has 0 atom stereocenters. The molecule has 13 nitrogen and oxygen atoms in total. The van der Waals surface area contributed by atoms with Gasteiger partial charge in [-0.15, -0.1) is 0 Å². The maximum atomic E-state index is 5.20. The predicted octanol–water partition coefficient (Wildman–Crippen LogP) is 32.5. The van der Waals surface area contributed by atoms with Crippen molar-refractivity contribution in [2.24, 2.45) is 0 Å². The summed E-state index contributed by atoms with van der Waals surface area (Å²) in [6.07, 6.45) is 21.9. The second-order valence-corrected chi connectivity index (χ2v) is 35.6. The molecule has 26 rings (SSSR count). The average Bonchev–Trinajstić information content (AvgIpc) is 0.760. The second-order valence-electron chi connectivity index (χ2n) is 35.6. The fourth-order valence-corrected chi connectivity index (χ4v) is 19.7. The average molecular weight is 1840 g/mol. The summed E-state index contributed by atoms with van der Waals surface area (Å²) in [7, 11) is 0. The molecule has 10 aromatic heterocycles. The van der Waals surface area contributed by atoms with E-state index in [2.05, 4.69) is 418 Å². The van der Waals surface area contributed by atoms with Gasteiger partial charge in [0.1, 0.15) is 0 Å². The molecule has 0 fully saturated rings. The van der Waals surface area contributed by atoms with Gasteiger partial charge in [0, 0.05) is 158 Å². The highest BCUT2D eigenvalue weighted by molar-refractivity contribution is 6.22. The number of rotatable bonds is 17. The van der Waals surface area contributed by atoms with E-state index in [4.69, 9.17) is 29.9 Å². The van der Waals surface area contributed by atoms with Crippen LogP contribution in [-0.4, -0.2) is 64.4 Å². The van der Waals surface area contributed by atoms with Gasteiger partial charge < -0.3 is 4.57 Å². The van der Waals surface area contributed by atoms with Gasteiger partial charge in [-0.2, -0.15) is 0 Å². The van der Waals surface area contributed by atoms with E-state index in [1.165, 1.54) is 87.4 Å². The molecule has 0 aliphatic rings. The number of para-hydroxylation sites is 1. The van der Waals surface area contributed by atoms with E-state index in [-0.39, 0.29) is 0 Å². The summed E-state index contributed by atoms with van der Waals surface area (Å²) in [5.74, 6) is 2.00. The lowest BCUT2D eigenvalue weighted by Crippen LogP contribution is -1.97. The van der Waals surface area contributed by atoms with Gasteiger partial charge in [0.15, 0.2) is 17.5 Å². The van der Waals surface area contributed by atoms with E-state index in [1.807, 2.05) is 97.8 Å². The van der Waals surface area contributed by atoms with E-state index in [0.29, 0.717) is 17.5 Å². The fourth-order valence-electron chi connectivity index (χ4n) is 19.7. The lowest BCUT2D eigenvalue weighted by molar-refractivity contribution is 1.17. The smallest absolute Gasteiger partial charge is 0.160 e. The number of nitrogens with zero attached hydrogens (tertiary/aromatic N) is 13. The molecule has 144 heavy (non-hydrogen) atoms. The third-order valence-corrected chi connectivity index (χ3v) is 26.6. The van der Waals surface area contributed by atoms with Crippen LogP contribution in [0.2, 0.25) is 0 Å². The van der Waals surface area contributed by atoms with Gasteiger partial charge in [-0.3, -0.25) is 29.9 Å². The van der Waals surface area contributed by atoms with Gasteiger partial charge in [0.05, 0.1) is 45.2 Å². The molecule has 26 aromatic rings. The van der Waals surface area contributed by atoms with Crippen molar-refractivity contribution in [3.05, 3.63) is 517 Å². The molecule has 0 spiro atoms. The monoisotopic (exact) mass is 1840 g/mol. The van der Waals surface area contributed by atoms with Crippen molar-refractivity contribution in [2.75, 3.05) is 0 Å². The highest BCUT2D eigenvalue weighted by atomic mass is 15.0. The van der Waals surface area contributed by atoms with Crippen LogP contribution in [0.5, 0.6) is 0 Å². The van der Waals surface area contributed by atoms with Crippen molar-refractivity contribution in [3.8, 4) is 185 Å². The third kappa shape index (κ3) is 17.7. The zero-order valence-electron chi connectivity index (χ0n) is 78.3. The second kappa shape index (κ2) is 39.2. The molecule has 16 aromatic carbocycles. The van der Waals surface area contributed by atoms with Crippen LogP contribution >= 0.6 is 0 Å². The van der Waals surface area contributed by atoms with Crippen LogP contribution in [0.25, 0.3) is 250 Å². The van der Waals surface area contributed by atoms with Crippen molar-refractivity contribution in [1.29, 1.82) is 0 Å². The zero-order valence-corrected chi connectivity index (χ0v) is 78.3. The highest BCUT2D eigenvalue weighted by Gasteiger charge is 2.24. The Morgan fingerprint density at radius 2 is 0.479 bits per heavy atom. The first-order valence-electron chi connectivity index (χ1n) is 48.0. The number of hydrogen-bond acceptors (Lipinski definition) is 12. The SMILES string of the molecule is Cc1cc(-c2nc(-c3cccnc3)cc(-c3cccc(-c4cccnc4)c3)n2)ccc1-c1c2ccccc2c(-c2ccccc2)c2ccccc12.c1ccc(-c2ccc3c(c2)c2cc(-c4nc(-c5cccnc5)cc(-c5cccc(-c6cccnc6)c5)n4)ccc2n3-c2ccccc2)cc1.c1cncc(-c2cccc(-c3cc(-c4cccnc4)nc(-c4ccc(-c5cc6ccccc6c6ccccc56)cc4)n3)c2)c1. The molecule has 0 N–H and O–H groups in total. The standard InChI is InChI=1S/C47H32N4.C44H29N5.C40H26N4/c1-31-26-35(22-23-38(31)46-41-20-7-5-18-39(41)45(32-12-3-2-4-13-32)40-19-6-8-21-42(40)46)47-50-43(28-44(51-47)37-17-11-25-49-30-37)34-15-9-14-33(27-34)36-16-10-24-48-29-36;1-3-10-30(11-4-1)32-18-20-42-38(25-32)39-26-34(19-21-43(39)49(42)37-16-5-2-6-17-37)44-47-40(27-41(48-44)36-15-9-23-46-29-36)33-13-7-12-31(24-33)35-14-8-22-45-28-35;1-2-13-34-30(8-1)23-37(36-15-4-3-14-35(34)36)27-16-18-28(19-17-27)40-43-38(24-39(44-40)33-12-7-21-42-26-33)31-10-5-9-29(22-31)32-11-6-20-41-25-32/h2-30H,1H3;1-29H;1-26H. The van der Waals surface area contributed by atoms with Crippen molar-refractivity contribution >= 4 is 64.9 Å². The van der Waals surface area contributed by atoms with E-state index < -0.39 is 0 Å². The van der Waals surface area contributed by atoms with Crippen molar-refractivity contribution in [3.63, 3.8) is 0 Å². The van der Waals surface area contributed by atoms with Crippen LogP contribution in [-0.2, 0) is 0 Å². The Morgan fingerprint density at radius 1 is 0.167 bits per heavy atom. The lowest BCUT2D eigenvalue weighted by Gasteiger charge is -2.19. The number of hydrogen-bond donors (Lipinski definition) is 0. The molecule has 0 aliphatic heterocycles. The Bertz CT molecular complexity index is 9170. The molecule has 10 heterocycles. The van der Waals surface area contributed by atoms with Crippen LogP contribution in [0.1, 0.15) is 5.56 Å². The number of benzene rings is 16. The van der Waals surface area contributed by atoms with E-state index in [1.54, 1.807) is 37.2 Å². The Hall–Kier alpha value is -19.5. The Morgan fingerprint density at radius 3 is 0.917 bits per heavy atom. The maximum absolute atomic E-state index is 5.20. The minimum Gasteiger partial charge on any atom is -0.309 e. The first kappa shape index (κ1) is 87.3. The van der Waals surface area contributed by atoms with Crippen LogP contribution < -0.4 is 0 Å². The first-order valence-corrected chi connectivity index (χ1v) is 48.0. The van der Waals surface area contributed by atoms with E-state index in [0.717, 1.165) is 151 Å². The molecule has 676 valence electrons. The van der Waals surface area contributed by atoms with Crippen molar-refractivity contribution in [1.82, 2.24) is 64.4 Å². The predicted molar refractivity (Wildman–Crippen MR) is 589 cm³/mol. The Kier molecular flexibility index (Phi) is 23.7. The first-order chi connectivity index (χ1) is 71.3. The number of pyridine rings is 6. The minimum absolute atomic E-state index is 0.657. The zero-order chi connectivity index (χ0) is 96.0. The minimum atomic E-state index is 0.657. The molecule has 0 radical (unpaired) electrons. The third-order valence-electron chi connectivity index (χ3n) is 26.6. The largest absolute Gasteiger partial charge is 0.309 e. The fraction of sp³-hybridized carbons (Fsp3) is 0.00763. The number of aromatic nitrogens is 13. The maximum Gasteiger partial charge on any atom is 0.160 e. The highest BCUT2D eigenvalue weighted by Crippen LogP contribution is 2.47. The van der Waals surface area contributed by atoms with Gasteiger partial charge in [0.2, 0.25) is 0 Å². The van der Waals surface area contributed by atoms with Crippen LogP contribution in [0.15, 0.2) is 511 Å². The normalized spacial score (nSPS) is 11.2. The molecule has 0 saturated carbocycles. The van der Waals surface area contributed by atoms with Crippen molar-refractivity contribution in [2.45, 2.75) is 6.92 Å². The van der Waals surface area contributed by atoms with Gasteiger partial charge >= 0.3 is 0 Å². The molecule has 13 heteroatoms. The summed E-state index contributed by atoms with van der Waals surface area (Å²) >= 11 is 0. The molecule has 0 bridgehead atoms. The molecule has 0 unspecified atom stereocenters. The molecule has 0 saturated heterocycles. The summed E-state index contributed by atoms with van der Waals surface area (Å²) in [6, 6.07) is 153. The summed E-state index contributed by atoms with van der Waals surface area (Å²) < 4.78 is 2.34. The van der Waals surface area contributed by atoms with Crippen molar-refractivity contribution < 1.29 is 0 Å². The summed E-state index contributed by atoms with van der Waals surface area (Å²) in [5, 5.41) is 12.3. The Balaban J connectivity index is 0.000000117. The van der Waals surface area contributed by atoms with Crippen LogP contribution in [0.4, 0.5) is 0 Å². The molecule has 0 amide bonds. The molecule has 0 aliphatic carbocycles. The van der Waals surface area contributed by atoms with Crippen LogP contribution in [0.3, 0.4) is 0 Å². The van der Waals surface area contributed by atoms with Gasteiger partial charge in [-0.05, 0) is 262 Å². The summed E-state index contributed by atoms with van der Waals surface area (Å²) in [5.41, 5.74) is 34.3. The van der Waals surface area contributed by atoms with E-state index >= 15 is 0 Å². The van der Waals surface area contributed by atoms with Gasteiger partial charge in [-0.25, -0.2) is 29.9 Å². The molecular weight excluding hydrogens is 1760 g/mol. The van der Waals surface area contributed by atoms with E-state index in [9.17, 15) is 0 Å². The summed E-state index contributed by atoms with van der Waals surface area (Å²) in [6.45, 7) is 2.19. The molecular formula is C131H87N13. The lowest BCUT2D eigenvalue weighted by atomic mass is 9.84. The summed E-state index contributed by atoms with van der Waals surface area (Å²) in [4.78, 5) is 56.8. The van der Waals surface area contributed by atoms with Gasteiger partial charge in [-0.1, -0.05) is 291 Å². The quantitative estimate of drug-likeness (QED) is 0.0628. The van der Waals surface area contributed by atoms with Gasteiger partial charge in [0.25, 0.3) is 0 Å². The number of fused-ring (bicyclic) bond motifs is 8. The Labute approximate surface area is 832 Å². The van der Waals surface area contributed by atoms with Crippen LogP contribution in [0, 0.1) is 6.92 Å². The topological polar surface area (TPSA) is 160 Å². The number of aryl methyl sites for hydroxylation is 1.